The van der Waals surface area contributed by atoms with Gasteiger partial charge >= 0.3 is 0 Å². The predicted molar refractivity (Wildman–Crippen MR) is 45.6 cm³/mol. The summed E-state index contributed by atoms with van der Waals surface area (Å²) in [5, 5.41) is 0. The predicted octanol–water partition coefficient (Wildman–Crippen LogP) is 3.20. The Kier molecular flexibility index (Phi) is 2.98. The van der Waals surface area contributed by atoms with Crippen molar-refractivity contribution in [3.63, 3.8) is 0 Å². The number of hydrogen-bond acceptors (Lipinski definition) is 0. The van der Waals surface area contributed by atoms with E-state index >= 15 is 0 Å². The molecular formula is C10H17. The van der Waals surface area contributed by atoms with E-state index < -0.39 is 0 Å². The summed E-state index contributed by atoms with van der Waals surface area (Å²) in [6.07, 6.45) is 9.83. The molecule has 0 spiro atoms. The van der Waals surface area contributed by atoms with E-state index in [4.69, 9.17) is 0 Å². The van der Waals surface area contributed by atoms with Gasteiger partial charge in [0.15, 0.2) is 0 Å². The Bertz CT molecular complexity index is 113. The molecule has 1 aliphatic carbocycles. The van der Waals surface area contributed by atoms with E-state index in [1.807, 2.05) is 0 Å². The Morgan fingerprint density at radius 3 is 3.10 bits per heavy atom. The highest BCUT2D eigenvalue weighted by Crippen LogP contribution is 2.21. The lowest BCUT2D eigenvalue weighted by Crippen LogP contribution is -2.03. The maximum absolute atomic E-state index is 4.12. The summed E-state index contributed by atoms with van der Waals surface area (Å²) in [7, 11) is 0. The molecule has 57 valence electrons. The third-order valence-electron chi connectivity index (χ3n) is 2.15. The fraction of sp³-hybridized carbons (Fsp3) is 0.700. The summed E-state index contributed by atoms with van der Waals surface area (Å²) in [6, 6.07) is 0. The third kappa shape index (κ3) is 2.55. The van der Waals surface area contributed by atoms with Crippen LogP contribution < -0.4 is 0 Å². The van der Waals surface area contributed by atoms with Crippen LogP contribution in [0.3, 0.4) is 0 Å². The topological polar surface area (TPSA) is 0 Å². The van der Waals surface area contributed by atoms with Crippen LogP contribution in [0.4, 0.5) is 0 Å². The van der Waals surface area contributed by atoms with Crippen LogP contribution in [-0.4, -0.2) is 0 Å². The Labute approximate surface area is 64.3 Å². The van der Waals surface area contributed by atoms with Gasteiger partial charge in [-0.25, -0.2) is 0 Å². The Morgan fingerprint density at radius 2 is 2.30 bits per heavy atom. The molecule has 0 aromatic carbocycles. The second kappa shape index (κ2) is 3.80. The van der Waals surface area contributed by atoms with Gasteiger partial charge in [-0.2, -0.15) is 0 Å². The van der Waals surface area contributed by atoms with E-state index in [0.717, 1.165) is 5.92 Å². The first kappa shape index (κ1) is 7.84. The molecule has 10 heavy (non-hydrogen) atoms. The SMILES string of the molecule is [CH2]C1CCCC=CC(C)C1. The minimum Gasteiger partial charge on any atom is -0.0883 e. The molecule has 0 N–H and O–H groups in total. The van der Waals surface area contributed by atoms with Crippen molar-refractivity contribution in [1.29, 1.82) is 0 Å². The van der Waals surface area contributed by atoms with Gasteiger partial charge in [0.05, 0.1) is 0 Å². The van der Waals surface area contributed by atoms with Gasteiger partial charge in [-0.3, -0.25) is 0 Å². The first-order valence-electron chi connectivity index (χ1n) is 4.29. The Hall–Kier alpha value is -0.260. The second-order valence-electron chi connectivity index (χ2n) is 3.44. The average molecular weight is 137 g/mol. The lowest BCUT2D eigenvalue weighted by Gasteiger charge is -2.16. The van der Waals surface area contributed by atoms with Crippen LogP contribution in [0.25, 0.3) is 0 Å². The molecule has 2 atom stereocenters. The molecule has 1 rings (SSSR count). The summed E-state index contributed by atoms with van der Waals surface area (Å²) in [6.45, 7) is 6.39. The van der Waals surface area contributed by atoms with E-state index in [-0.39, 0.29) is 0 Å². The maximum atomic E-state index is 4.12. The van der Waals surface area contributed by atoms with Gasteiger partial charge in [0.1, 0.15) is 0 Å². The minimum atomic E-state index is 0.694. The number of hydrogen-bond donors (Lipinski definition) is 0. The normalized spacial score (nSPS) is 35.0. The van der Waals surface area contributed by atoms with Crippen LogP contribution in [0.2, 0.25) is 0 Å². The van der Waals surface area contributed by atoms with Gasteiger partial charge in [-0.1, -0.05) is 32.4 Å². The monoisotopic (exact) mass is 137 g/mol. The molecule has 0 aliphatic heterocycles. The molecule has 0 nitrogen and oxygen atoms in total. The Morgan fingerprint density at radius 1 is 1.50 bits per heavy atom. The summed E-state index contributed by atoms with van der Waals surface area (Å²) in [5.41, 5.74) is 0. The van der Waals surface area contributed by atoms with Crippen molar-refractivity contribution in [3.8, 4) is 0 Å². The van der Waals surface area contributed by atoms with Crippen molar-refractivity contribution in [1.82, 2.24) is 0 Å². The number of allylic oxidation sites excluding steroid dienone is 2. The number of rotatable bonds is 0. The second-order valence-corrected chi connectivity index (χ2v) is 3.44. The van der Waals surface area contributed by atoms with Crippen LogP contribution in [0.1, 0.15) is 32.6 Å². The van der Waals surface area contributed by atoms with Crippen molar-refractivity contribution in [2.75, 3.05) is 0 Å². The van der Waals surface area contributed by atoms with Crippen molar-refractivity contribution in [2.24, 2.45) is 11.8 Å². The first-order valence-corrected chi connectivity index (χ1v) is 4.29. The van der Waals surface area contributed by atoms with Crippen LogP contribution in [-0.2, 0) is 0 Å². The molecule has 1 aliphatic rings. The highest BCUT2D eigenvalue weighted by Gasteiger charge is 2.07. The van der Waals surface area contributed by atoms with E-state index in [1.165, 1.54) is 25.7 Å². The molecule has 2 unspecified atom stereocenters. The van der Waals surface area contributed by atoms with Crippen LogP contribution in [0, 0.1) is 18.8 Å². The van der Waals surface area contributed by atoms with E-state index in [0.29, 0.717) is 5.92 Å². The summed E-state index contributed by atoms with van der Waals surface area (Å²) in [4.78, 5) is 0. The molecule has 0 heteroatoms. The summed E-state index contributed by atoms with van der Waals surface area (Å²) in [5.74, 6) is 1.45. The highest BCUT2D eigenvalue weighted by molar-refractivity contribution is 4.89. The highest BCUT2D eigenvalue weighted by atomic mass is 14.1. The van der Waals surface area contributed by atoms with Gasteiger partial charge < -0.3 is 0 Å². The maximum Gasteiger partial charge on any atom is -0.0259 e. The third-order valence-corrected chi connectivity index (χ3v) is 2.15. The molecule has 1 radical (unpaired) electrons. The zero-order chi connectivity index (χ0) is 7.40. The van der Waals surface area contributed by atoms with E-state index in [9.17, 15) is 0 Å². The summed E-state index contributed by atoms with van der Waals surface area (Å²) >= 11 is 0. The standard InChI is InChI=1S/C10H17/c1-9-6-4-3-5-7-10(2)8-9/h5,7,9-10H,1,3-4,6,8H2,2H3. The summed E-state index contributed by atoms with van der Waals surface area (Å²) < 4.78 is 0. The zero-order valence-electron chi connectivity index (χ0n) is 6.84. The molecule has 0 amide bonds. The lowest BCUT2D eigenvalue weighted by atomic mass is 9.90. The smallest absolute Gasteiger partial charge is 0.0259 e. The van der Waals surface area contributed by atoms with Crippen molar-refractivity contribution in [3.05, 3.63) is 19.1 Å². The van der Waals surface area contributed by atoms with E-state index in [1.54, 1.807) is 0 Å². The Balaban J connectivity index is 2.40. The molecule has 0 bridgehead atoms. The van der Waals surface area contributed by atoms with Gasteiger partial charge in [0.25, 0.3) is 0 Å². The molecule has 0 aromatic rings. The molecule has 0 fully saturated rings. The fourth-order valence-corrected chi connectivity index (χ4v) is 1.58. The molecule has 0 saturated carbocycles. The molecule has 0 saturated heterocycles. The van der Waals surface area contributed by atoms with Gasteiger partial charge in [0.2, 0.25) is 0 Å². The van der Waals surface area contributed by atoms with Gasteiger partial charge in [0, 0.05) is 0 Å². The van der Waals surface area contributed by atoms with Gasteiger partial charge in [-0.05, 0) is 31.1 Å². The fourth-order valence-electron chi connectivity index (χ4n) is 1.58. The minimum absolute atomic E-state index is 0.694. The van der Waals surface area contributed by atoms with Crippen LogP contribution in [0.5, 0.6) is 0 Å². The quantitative estimate of drug-likeness (QED) is 0.450. The zero-order valence-corrected chi connectivity index (χ0v) is 6.84. The van der Waals surface area contributed by atoms with E-state index in [2.05, 4.69) is 26.0 Å². The largest absolute Gasteiger partial charge is 0.0883 e. The molecule has 0 aromatic heterocycles. The first-order chi connectivity index (χ1) is 4.79. The van der Waals surface area contributed by atoms with Crippen molar-refractivity contribution in [2.45, 2.75) is 32.6 Å². The molecule has 0 heterocycles. The van der Waals surface area contributed by atoms with Crippen molar-refractivity contribution >= 4 is 0 Å². The average Bonchev–Trinajstić information content (AvgIpc) is 1.83. The van der Waals surface area contributed by atoms with Gasteiger partial charge in [-0.15, -0.1) is 0 Å². The molecular weight excluding hydrogens is 120 g/mol. The van der Waals surface area contributed by atoms with Crippen LogP contribution >= 0.6 is 0 Å². The van der Waals surface area contributed by atoms with Crippen LogP contribution in [0.15, 0.2) is 12.2 Å². The van der Waals surface area contributed by atoms with Crippen molar-refractivity contribution < 1.29 is 0 Å². The lowest BCUT2D eigenvalue weighted by molar-refractivity contribution is 0.455.